The SMILES string of the molecule is CNC(=O)c1ccccc1-c1ccc(CN2C(=O)[C@H](NC(=O)CC(C)(C)NC[C@H](O)CO)CCc3ccccc32)cc1. The fourth-order valence-electron chi connectivity index (χ4n) is 5.22. The third-order valence-corrected chi connectivity index (χ3v) is 7.52. The third-order valence-electron chi connectivity index (χ3n) is 7.52. The molecule has 1 aliphatic rings. The molecule has 5 N–H and O–H groups in total. The molecule has 0 spiro atoms. The second-order valence-electron chi connectivity index (χ2n) is 11.3. The first kappa shape index (κ1) is 30.9. The van der Waals surface area contributed by atoms with Gasteiger partial charge >= 0.3 is 0 Å². The number of benzene rings is 3. The summed E-state index contributed by atoms with van der Waals surface area (Å²) in [5, 5.41) is 27.5. The number of hydrogen-bond donors (Lipinski definition) is 5. The second-order valence-corrected chi connectivity index (χ2v) is 11.3. The van der Waals surface area contributed by atoms with Gasteiger partial charge in [0.05, 0.1) is 19.3 Å². The Hall–Kier alpha value is -4.05. The smallest absolute Gasteiger partial charge is 0.251 e. The van der Waals surface area contributed by atoms with Crippen LogP contribution in [0.4, 0.5) is 5.69 Å². The molecule has 3 amide bonds. The van der Waals surface area contributed by atoms with E-state index in [0.717, 1.165) is 27.9 Å². The summed E-state index contributed by atoms with van der Waals surface area (Å²) in [6.45, 7) is 3.79. The summed E-state index contributed by atoms with van der Waals surface area (Å²) in [4.78, 5) is 41.1. The number of aryl methyl sites for hydroxylation is 1. The molecule has 0 aromatic heterocycles. The van der Waals surface area contributed by atoms with Crippen molar-refractivity contribution in [1.82, 2.24) is 16.0 Å². The quantitative estimate of drug-likeness (QED) is 0.240. The summed E-state index contributed by atoms with van der Waals surface area (Å²) < 4.78 is 0. The van der Waals surface area contributed by atoms with Crippen LogP contribution in [0, 0.1) is 0 Å². The molecule has 1 aliphatic heterocycles. The number of amides is 3. The van der Waals surface area contributed by atoms with Gasteiger partial charge < -0.3 is 31.1 Å². The predicted octanol–water partition coefficient (Wildman–Crippen LogP) is 2.79. The Kier molecular flexibility index (Phi) is 10.1. The lowest BCUT2D eigenvalue weighted by atomic mass is 9.98. The number of carbonyl (C=O) groups excluding carboxylic acids is 3. The van der Waals surface area contributed by atoms with Gasteiger partial charge in [-0.2, -0.15) is 0 Å². The molecule has 3 aromatic rings. The van der Waals surface area contributed by atoms with Crippen LogP contribution in [-0.2, 0) is 22.6 Å². The lowest BCUT2D eigenvalue weighted by Crippen LogP contribution is -2.51. The van der Waals surface area contributed by atoms with Crippen molar-refractivity contribution < 1.29 is 24.6 Å². The van der Waals surface area contributed by atoms with Gasteiger partial charge in [-0.25, -0.2) is 0 Å². The minimum atomic E-state index is -0.914. The maximum atomic E-state index is 13.9. The van der Waals surface area contributed by atoms with Gasteiger partial charge in [0, 0.05) is 36.8 Å². The van der Waals surface area contributed by atoms with Crippen molar-refractivity contribution in [2.45, 2.75) is 57.3 Å². The van der Waals surface area contributed by atoms with E-state index in [4.69, 9.17) is 5.11 Å². The largest absolute Gasteiger partial charge is 0.394 e. The second kappa shape index (κ2) is 13.7. The van der Waals surface area contributed by atoms with Gasteiger partial charge in [-0.05, 0) is 61.1 Å². The molecule has 9 heteroatoms. The summed E-state index contributed by atoms with van der Waals surface area (Å²) in [5.74, 6) is -0.602. The molecule has 4 rings (SSSR count). The van der Waals surface area contributed by atoms with Crippen LogP contribution in [0.15, 0.2) is 72.8 Å². The third kappa shape index (κ3) is 7.61. The highest BCUT2D eigenvalue weighted by Crippen LogP contribution is 2.30. The number of carbonyl (C=O) groups is 3. The fraction of sp³-hybridized carbons (Fsp3) is 0.364. The van der Waals surface area contributed by atoms with Crippen LogP contribution in [0.3, 0.4) is 0 Å². The number of hydrogen-bond acceptors (Lipinski definition) is 6. The molecule has 0 unspecified atom stereocenters. The molecular weight excluding hydrogens is 532 g/mol. The van der Waals surface area contributed by atoms with Gasteiger partial charge in [0.25, 0.3) is 5.91 Å². The molecule has 9 nitrogen and oxygen atoms in total. The molecule has 3 aromatic carbocycles. The zero-order valence-corrected chi connectivity index (χ0v) is 24.4. The minimum Gasteiger partial charge on any atom is -0.394 e. The number of fused-ring (bicyclic) bond motifs is 1. The number of nitrogens with zero attached hydrogens (tertiary/aromatic N) is 1. The van der Waals surface area contributed by atoms with Crippen LogP contribution in [0.1, 0.15) is 48.2 Å². The minimum absolute atomic E-state index is 0.0981. The van der Waals surface area contributed by atoms with Gasteiger partial charge in [-0.1, -0.05) is 60.7 Å². The average molecular weight is 573 g/mol. The Balaban J connectivity index is 1.52. The Bertz CT molecular complexity index is 1410. The summed E-state index contributed by atoms with van der Waals surface area (Å²) in [7, 11) is 1.61. The Morgan fingerprint density at radius 1 is 1.02 bits per heavy atom. The van der Waals surface area contributed by atoms with Crippen molar-refractivity contribution in [2.24, 2.45) is 0 Å². The van der Waals surface area contributed by atoms with E-state index in [1.54, 1.807) is 18.0 Å². The van der Waals surface area contributed by atoms with E-state index in [1.165, 1.54) is 0 Å². The monoisotopic (exact) mass is 572 g/mol. The number of para-hydroxylation sites is 1. The van der Waals surface area contributed by atoms with Crippen LogP contribution in [-0.4, -0.2) is 65.8 Å². The van der Waals surface area contributed by atoms with Crippen LogP contribution >= 0.6 is 0 Å². The molecule has 0 saturated carbocycles. The molecule has 0 fully saturated rings. The molecule has 0 aliphatic carbocycles. The topological polar surface area (TPSA) is 131 Å². The van der Waals surface area contributed by atoms with Crippen molar-refractivity contribution in [3.05, 3.63) is 89.5 Å². The van der Waals surface area contributed by atoms with Crippen LogP contribution < -0.4 is 20.9 Å². The van der Waals surface area contributed by atoms with E-state index in [1.807, 2.05) is 80.6 Å². The van der Waals surface area contributed by atoms with Gasteiger partial charge in [-0.3, -0.25) is 14.4 Å². The molecule has 0 saturated heterocycles. The summed E-state index contributed by atoms with van der Waals surface area (Å²) >= 11 is 0. The lowest BCUT2D eigenvalue weighted by molar-refractivity contribution is -0.128. The number of rotatable bonds is 11. The first-order valence-corrected chi connectivity index (χ1v) is 14.2. The number of aliphatic hydroxyl groups is 2. The van der Waals surface area contributed by atoms with Crippen LogP contribution in [0.25, 0.3) is 11.1 Å². The Labute approximate surface area is 246 Å². The zero-order chi connectivity index (χ0) is 30.3. The molecular formula is C33H40N4O5. The number of aliphatic hydroxyl groups excluding tert-OH is 2. The maximum Gasteiger partial charge on any atom is 0.251 e. The molecule has 222 valence electrons. The van der Waals surface area contributed by atoms with Crippen molar-refractivity contribution in [1.29, 1.82) is 0 Å². The maximum absolute atomic E-state index is 13.9. The van der Waals surface area contributed by atoms with E-state index in [9.17, 15) is 19.5 Å². The van der Waals surface area contributed by atoms with Crippen molar-refractivity contribution in [3.63, 3.8) is 0 Å². The summed E-state index contributed by atoms with van der Waals surface area (Å²) in [6.07, 6.45) is 0.302. The summed E-state index contributed by atoms with van der Waals surface area (Å²) in [6, 6.07) is 22.4. The normalized spacial score (nSPS) is 15.9. The molecule has 0 radical (unpaired) electrons. The standard InChI is InChI=1S/C33H40N4O5/c1-33(2,35-19-25(39)21-38)18-30(40)36-28-17-16-24-8-4-7-11-29(24)37(32(28)42)20-22-12-14-23(15-13-22)26-9-5-6-10-27(26)31(41)34-3/h4-15,25,28,35,38-39H,16-21H2,1-3H3,(H,34,41)(H,36,40)/t25-,28+/m0/s1. The van der Waals surface area contributed by atoms with E-state index >= 15 is 0 Å². The highest BCUT2D eigenvalue weighted by molar-refractivity contribution is 6.01. The Morgan fingerprint density at radius 3 is 2.43 bits per heavy atom. The van der Waals surface area contributed by atoms with Gasteiger partial charge in [0.1, 0.15) is 6.04 Å². The van der Waals surface area contributed by atoms with Crippen molar-refractivity contribution in [3.8, 4) is 11.1 Å². The highest BCUT2D eigenvalue weighted by Gasteiger charge is 2.32. The van der Waals surface area contributed by atoms with Gasteiger partial charge in [0.2, 0.25) is 11.8 Å². The molecule has 2 atom stereocenters. The molecule has 0 bridgehead atoms. The predicted molar refractivity (Wildman–Crippen MR) is 163 cm³/mol. The molecule has 1 heterocycles. The van der Waals surface area contributed by atoms with Gasteiger partial charge in [0.15, 0.2) is 0 Å². The van der Waals surface area contributed by atoms with Gasteiger partial charge in [-0.15, -0.1) is 0 Å². The van der Waals surface area contributed by atoms with Crippen LogP contribution in [0.5, 0.6) is 0 Å². The molecule has 42 heavy (non-hydrogen) atoms. The van der Waals surface area contributed by atoms with Crippen molar-refractivity contribution in [2.75, 3.05) is 25.1 Å². The van der Waals surface area contributed by atoms with E-state index in [2.05, 4.69) is 16.0 Å². The van der Waals surface area contributed by atoms with E-state index in [0.29, 0.717) is 24.9 Å². The average Bonchev–Trinajstić information content (AvgIpc) is 3.12. The Morgan fingerprint density at radius 2 is 1.71 bits per heavy atom. The fourth-order valence-corrected chi connectivity index (χ4v) is 5.22. The lowest BCUT2D eigenvalue weighted by Gasteiger charge is -2.29. The number of anilines is 1. The first-order chi connectivity index (χ1) is 20.1. The number of β-amino-alcohol motifs (C(OH)–C–C–N with tert-alkyl or cyclic N) is 1. The van der Waals surface area contributed by atoms with E-state index < -0.39 is 17.7 Å². The number of nitrogens with one attached hydrogen (secondary N) is 3. The first-order valence-electron chi connectivity index (χ1n) is 14.2. The van der Waals surface area contributed by atoms with E-state index in [-0.39, 0.29) is 37.3 Å². The van der Waals surface area contributed by atoms with Crippen molar-refractivity contribution >= 4 is 23.4 Å². The van der Waals surface area contributed by atoms with Crippen LogP contribution in [0.2, 0.25) is 0 Å². The summed E-state index contributed by atoms with van der Waals surface area (Å²) in [5.41, 5.74) is 4.45. The zero-order valence-electron chi connectivity index (χ0n) is 24.4. The highest BCUT2D eigenvalue weighted by atomic mass is 16.3.